The third kappa shape index (κ3) is 8.28. The first-order valence-corrected chi connectivity index (χ1v) is 6.85. The molecule has 1 aliphatic heterocycles. The Kier molecular flexibility index (Phi) is 11.0. The number of hydrogen-bond donors (Lipinski definition) is 1. The molecule has 1 heterocycles. The van der Waals surface area contributed by atoms with Crippen LogP contribution in [0.1, 0.15) is 44.9 Å². The Bertz CT molecular complexity index is 277. The van der Waals surface area contributed by atoms with Gasteiger partial charge >= 0.3 is 5.97 Å². The first-order valence-electron chi connectivity index (χ1n) is 6.85. The van der Waals surface area contributed by atoms with E-state index in [9.17, 15) is 4.79 Å². The van der Waals surface area contributed by atoms with E-state index in [2.05, 4.69) is 14.6 Å². The molecule has 112 valence electrons. The van der Waals surface area contributed by atoms with Crippen molar-refractivity contribution in [2.75, 3.05) is 26.7 Å². The normalized spacial score (nSPS) is 16.5. The summed E-state index contributed by atoms with van der Waals surface area (Å²) in [4.78, 5) is 17.5. The highest BCUT2D eigenvalue weighted by Gasteiger charge is 2.10. The number of likely N-dealkylation sites (tertiary alicyclic amines) is 1. The van der Waals surface area contributed by atoms with Gasteiger partial charge in [-0.1, -0.05) is 12.8 Å². The van der Waals surface area contributed by atoms with E-state index in [1.165, 1.54) is 32.8 Å². The fraction of sp³-hybridized carbons (Fsp3) is 0.846. The van der Waals surface area contributed by atoms with Crippen LogP contribution in [-0.4, -0.2) is 43.6 Å². The number of unbranched alkanes of at least 4 members (excludes halogenated alkanes) is 1. The second-order valence-electron chi connectivity index (χ2n) is 4.67. The van der Waals surface area contributed by atoms with E-state index in [4.69, 9.17) is 5.73 Å². The average Bonchev–Trinajstić information content (AvgIpc) is 2.66. The number of ether oxygens (including phenoxy) is 1. The SMILES string of the molecule is COC(=O)CCCCN=C(N)N1CCCCCC1.I. The number of methoxy groups -OCH3 is 1. The molecule has 1 saturated heterocycles. The zero-order valence-electron chi connectivity index (χ0n) is 11.8. The van der Waals surface area contributed by atoms with Crippen LogP contribution in [0, 0.1) is 0 Å². The third-order valence-corrected chi connectivity index (χ3v) is 3.22. The van der Waals surface area contributed by atoms with Gasteiger partial charge in [-0.05, 0) is 25.7 Å². The highest BCUT2D eigenvalue weighted by molar-refractivity contribution is 14.0. The summed E-state index contributed by atoms with van der Waals surface area (Å²) in [7, 11) is 1.41. The van der Waals surface area contributed by atoms with Crippen LogP contribution in [0.3, 0.4) is 0 Å². The van der Waals surface area contributed by atoms with Crippen LogP contribution in [-0.2, 0) is 9.53 Å². The van der Waals surface area contributed by atoms with Crippen molar-refractivity contribution in [1.82, 2.24) is 4.90 Å². The maximum atomic E-state index is 10.9. The van der Waals surface area contributed by atoms with E-state index in [1.807, 2.05) is 0 Å². The molecule has 0 unspecified atom stereocenters. The zero-order valence-corrected chi connectivity index (χ0v) is 14.1. The van der Waals surface area contributed by atoms with Crippen molar-refractivity contribution in [1.29, 1.82) is 0 Å². The average molecular weight is 383 g/mol. The standard InChI is InChI=1S/C13H25N3O2.HI/c1-18-12(17)8-4-5-9-15-13(14)16-10-6-2-3-7-11-16;/h2-11H2,1H3,(H2,14,15);1H. The lowest BCUT2D eigenvalue weighted by Crippen LogP contribution is -2.38. The van der Waals surface area contributed by atoms with Gasteiger partial charge in [0.1, 0.15) is 0 Å². The number of rotatable bonds is 5. The molecule has 1 rings (SSSR count). The van der Waals surface area contributed by atoms with E-state index in [0.29, 0.717) is 18.9 Å². The molecule has 0 spiro atoms. The number of carbonyl (C=O) groups excluding carboxylic acids is 1. The van der Waals surface area contributed by atoms with Crippen molar-refractivity contribution in [3.8, 4) is 0 Å². The van der Waals surface area contributed by atoms with Crippen molar-refractivity contribution in [2.45, 2.75) is 44.9 Å². The van der Waals surface area contributed by atoms with E-state index in [0.717, 1.165) is 25.9 Å². The maximum Gasteiger partial charge on any atom is 0.305 e. The van der Waals surface area contributed by atoms with Gasteiger partial charge < -0.3 is 15.4 Å². The number of hydrogen-bond acceptors (Lipinski definition) is 3. The minimum atomic E-state index is -0.153. The Morgan fingerprint density at radius 3 is 2.42 bits per heavy atom. The van der Waals surface area contributed by atoms with E-state index < -0.39 is 0 Å². The zero-order chi connectivity index (χ0) is 13.2. The highest BCUT2D eigenvalue weighted by atomic mass is 127. The van der Waals surface area contributed by atoms with Crippen LogP contribution in [0.2, 0.25) is 0 Å². The molecule has 6 heteroatoms. The molecule has 0 bridgehead atoms. The Labute approximate surface area is 133 Å². The summed E-state index contributed by atoms with van der Waals surface area (Å²) in [5, 5.41) is 0. The summed E-state index contributed by atoms with van der Waals surface area (Å²) in [5.41, 5.74) is 5.97. The second-order valence-corrected chi connectivity index (χ2v) is 4.67. The number of halogens is 1. The van der Waals surface area contributed by atoms with Gasteiger partial charge in [0, 0.05) is 26.1 Å². The van der Waals surface area contributed by atoms with Crippen LogP contribution in [0.4, 0.5) is 0 Å². The number of nitrogens with zero attached hydrogens (tertiary/aromatic N) is 2. The van der Waals surface area contributed by atoms with Crippen molar-refractivity contribution in [3.05, 3.63) is 0 Å². The second kappa shape index (κ2) is 11.3. The molecule has 5 nitrogen and oxygen atoms in total. The molecule has 1 fully saturated rings. The van der Waals surface area contributed by atoms with Crippen LogP contribution in [0.15, 0.2) is 4.99 Å². The maximum absolute atomic E-state index is 10.9. The molecule has 0 aromatic heterocycles. The molecular weight excluding hydrogens is 357 g/mol. The van der Waals surface area contributed by atoms with Gasteiger partial charge in [0.15, 0.2) is 5.96 Å². The minimum absolute atomic E-state index is 0. The van der Waals surface area contributed by atoms with Gasteiger partial charge in [-0.25, -0.2) is 0 Å². The number of guanidine groups is 1. The van der Waals surface area contributed by atoms with Crippen LogP contribution >= 0.6 is 24.0 Å². The number of nitrogens with two attached hydrogens (primary N) is 1. The summed E-state index contributed by atoms with van der Waals surface area (Å²) in [6.45, 7) is 2.74. The molecule has 19 heavy (non-hydrogen) atoms. The summed E-state index contributed by atoms with van der Waals surface area (Å²) in [6, 6.07) is 0. The van der Waals surface area contributed by atoms with Gasteiger partial charge in [0.25, 0.3) is 0 Å². The van der Waals surface area contributed by atoms with Crippen molar-refractivity contribution >= 4 is 35.9 Å². The molecule has 0 amide bonds. The summed E-state index contributed by atoms with van der Waals surface area (Å²) < 4.78 is 4.58. The fourth-order valence-electron chi connectivity index (χ4n) is 2.08. The number of carbonyl (C=O) groups is 1. The first-order chi connectivity index (χ1) is 8.74. The molecule has 0 aliphatic carbocycles. The van der Waals surface area contributed by atoms with E-state index in [1.54, 1.807) is 0 Å². The van der Waals surface area contributed by atoms with E-state index in [-0.39, 0.29) is 29.9 Å². The van der Waals surface area contributed by atoms with Gasteiger partial charge in [-0.15, -0.1) is 24.0 Å². The van der Waals surface area contributed by atoms with E-state index >= 15 is 0 Å². The van der Waals surface area contributed by atoms with Gasteiger partial charge in [0.05, 0.1) is 7.11 Å². The number of aliphatic imine (C=N–C) groups is 1. The first kappa shape index (κ1) is 18.5. The van der Waals surface area contributed by atoms with Gasteiger partial charge in [-0.2, -0.15) is 0 Å². The Morgan fingerprint density at radius 2 is 1.84 bits per heavy atom. The lowest BCUT2D eigenvalue weighted by atomic mass is 10.2. The fourth-order valence-corrected chi connectivity index (χ4v) is 2.08. The predicted molar refractivity (Wildman–Crippen MR) is 87.8 cm³/mol. The lowest BCUT2D eigenvalue weighted by molar-refractivity contribution is -0.140. The Balaban J connectivity index is 0.00000324. The van der Waals surface area contributed by atoms with Crippen molar-refractivity contribution in [2.24, 2.45) is 10.7 Å². The van der Waals surface area contributed by atoms with Crippen LogP contribution in [0.25, 0.3) is 0 Å². The molecule has 0 atom stereocenters. The quantitative estimate of drug-likeness (QED) is 0.260. The lowest BCUT2D eigenvalue weighted by Gasteiger charge is -2.21. The summed E-state index contributed by atoms with van der Waals surface area (Å²) >= 11 is 0. The Hall–Kier alpha value is -0.530. The molecule has 1 aliphatic rings. The molecule has 0 aromatic carbocycles. The summed E-state index contributed by atoms with van der Waals surface area (Å²) in [6.07, 6.45) is 7.16. The largest absolute Gasteiger partial charge is 0.469 e. The number of esters is 1. The van der Waals surface area contributed by atoms with Crippen LogP contribution < -0.4 is 5.73 Å². The molecule has 2 N–H and O–H groups in total. The molecule has 0 aromatic rings. The molecular formula is C13H26IN3O2. The smallest absolute Gasteiger partial charge is 0.305 e. The van der Waals surface area contributed by atoms with Crippen LogP contribution in [0.5, 0.6) is 0 Å². The monoisotopic (exact) mass is 383 g/mol. The van der Waals surface area contributed by atoms with Crippen molar-refractivity contribution in [3.63, 3.8) is 0 Å². The van der Waals surface area contributed by atoms with Gasteiger partial charge in [0.2, 0.25) is 0 Å². The topological polar surface area (TPSA) is 67.9 Å². The predicted octanol–water partition coefficient (Wildman–Crippen LogP) is 2.14. The third-order valence-electron chi connectivity index (χ3n) is 3.22. The molecule has 0 radical (unpaired) electrons. The minimum Gasteiger partial charge on any atom is -0.469 e. The van der Waals surface area contributed by atoms with Crippen molar-refractivity contribution < 1.29 is 9.53 Å². The summed E-state index contributed by atoms with van der Waals surface area (Å²) in [5.74, 6) is 0.509. The van der Waals surface area contributed by atoms with Gasteiger partial charge in [-0.3, -0.25) is 9.79 Å². The highest BCUT2D eigenvalue weighted by Crippen LogP contribution is 2.09. The molecule has 0 saturated carbocycles. The Morgan fingerprint density at radius 1 is 1.21 bits per heavy atom.